The molecular weight excluding hydrogens is 354 g/mol. The van der Waals surface area contributed by atoms with Gasteiger partial charge in [-0.15, -0.1) is 0 Å². The summed E-state index contributed by atoms with van der Waals surface area (Å²) in [7, 11) is -0.589. The van der Waals surface area contributed by atoms with Gasteiger partial charge < -0.3 is 10.2 Å². The van der Waals surface area contributed by atoms with Gasteiger partial charge in [0, 0.05) is 39.3 Å². The van der Waals surface area contributed by atoms with Crippen LogP contribution < -0.4 is 5.32 Å². The van der Waals surface area contributed by atoms with E-state index in [1.165, 1.54) is 38.4 Å². The number of benzene rings is 1. The number of piperidine rings is 1. The van der Waals surface area contributed by atoms with Gasteiger partial charge in [-0.2, -0.15) is 0 Å². The number of carbonyl (C=O) groups is 2. The van der Waals surface area contributed by atoms with Crippen LogP contribution in [0, 0.1) is 5.92 Å². The minimum absolute atomic E-state index is 0.00299. The molecule has 0 spiro atoms. The van der Waals surface area contributed by atoms with Gasteiger partial charge in [0.2, 0.25) is 15.9 Å². The predicted octanol–water partition coefficient (Wildman–Crippen LogP) is 1.32. The molecular formula is C18H27N3O4S. The summed E-state index contributed by atoms with van der Waals surface area (Å²) in [5.74, 6) is -0.365. The first kappa shape index (κ1) is 20.4. The molecule has 144 valence electrons. The molecule has 1 aliphatic rings. The second-order valence-corrected chi connectivity index (χ2v) is 8.84. The van der Waals surface area contributed by atoms with Gasteiger partial charge in [0.15, 0.2) is 0 Å². The molecule has 1 N–H and O–H groups in total. The van der Waals surface area contributed by atoms with Crippen LogP contribution in [0.15, 0.2) is 29.2 Å². The number of hydrogen-bond acceptors (Lipinski definition) is 4. The van der Waals surface area contributed by atoms with Gasteiger partial charge in [0.1, 0.15) is 0 Å². The molecule has 0 aliphatic carbocycles. The summed E-state index contributed by atoms with van der Waals surface area (Å²) in [5, 5.41) is 2.89. The molecule has 8 heteroatoms. The summed E-state index contributed by atoms with van der Waals surface area (Å²) >= 11 is 0. The molecule has 0 aromatic heterocycles. The quantitative estimate of drug-likeness (QED) is 0.805. The molecule has 1 aromatic carbocycles. The summed E-state index contributed by atoms with van der Waals surface area (Å²) in [6.45, 7) is 3.64. The fraction of sp³-hybridized carbons (Fsp3) is 0.556. The molecule has 7 nitrogen and oxygen atoms in total. The number of nitrogens with one attached hydrogen (secondary N) is 1. The Hall–Kier alpha value is -1.93. The highest BCUT2D eigenvalue weighted by atomic mass is 32.2. The Kier molecular flexibility index (Phi) is 6.77. The zero-order valence-electron chi connectivity index (χ0n) is 15.6. The Bertz CT molecular complexity index is 744. The fourth-order valence-electron chi connectivity index (χ4n) is 2.93. The van der Waals surface area contributed by atoms with E-state index in [9.17, 15) is 18.0 Å². The molecule has 2 amide bonds. The highest BCUT2D eigenvalue weighted by Crippen LogP contribution is 2.20. The first-order chi connectivity index (χ1) is 12.3. The summed E-state index contributed by atoms with van der Waals surface area (Å²) in [6.07, 6.45) is 2.44. The van der Waals surface area contributed by atoms with E-state index in [-0.39, 0.29) is 22.6 Å². The molecule has 1 aromatic rings. The maximum atomic E-state index is 12.7. The summed E-state index contributed by atoms with van der Waals surface area (Å²) < 4.78 is 25.3. The van der Waals surface area contributed by atoms with Crippen molar-refractivity contribution >= 4 is 21.8 Å². The average Bonchev–Trinajstić information content (AvgIpc) is 2.65. The molecule has 0 saturated carbocycles. The zero-order valence-corrected chi connectivity index (χ0v) is 16.4. The third-order valence-electron chi connectivity index (χ3n) is 4.51. The monoisotopic (exact) mass is 381 g/mol. The molecule has 1 aliphatic heterocycles. The van der Waals surface area contributed by atoms with Crippen molar-refractivity contribution in [1.29, 1.82) is 0 Å². The highest BCUT2D eigenvalue weighted by Gasteiger charge is 2.29. The SMILES string of the molecule is CCCNC(=O)C1CCCN(C(=O)c2ccc(S(=O)(=O)N(C)C)cc2)C1. The van der Waals surface area contributed by atoms with Gasteiger partial charge in [-0.1, -0.05) is 6.92 Å². The van der Waals surface area contributed by atoms with Crippen LogP contribution in [0.3, 0.4) is 0 Å². The first-order valence-corrected chi connectivity index (χ1v) is 10.3. The lowest BCUT2D eigenvalue weighted by atomic mass is 9.96. The fourth-order valence-corrected chi connectivity index (χ4v) is 3.83. The molecule has 2 rings (SSSR count). The number of rotatable bonds is 6. The van der Waals surface area contributed by atoms with Crippen molar-refractivity contribution in [3.63, 3.8) is 0 Å². The lowest BCUT2D eigenvalue weighted by Gasteiger charge is -2.32. The van der Waals surface area contributed by atoms with Crippen LogP contribution in [0.4, 0.5) is 0 Å². The van der Waals surface area contributed by atoms with E-state index in [4.69, 9.17) is 0 Å². The summed E-state index contributed by atoms with van der Waals surface area (Å²) in [4.78, 5) is 26.7. The highest BCUT2D eigenvalue weighted by molar-refractivity contribution is 7.89. The molecule has 1 atom stereocenters. The molecule has 0 bridgehead atoms. The molecule has 1 saturated heterocycles. The van der Waals surface area contributed by atoms with Gasteiger partial charge in [-0.05, 0) is 43.5 Å². The Morgan fingerprint density at radius 1 is 1.23 bits per heavy atom. The van der Waals surface area contributed by atoms with Crippen molar-refractivity contribution in [3.8, 4) is 0 Å². The minimum atomic E-state index is -3.52. The number of sulfonamides is 1. The number of likely N-dealkylation sites (tertiary alicyclic amines) is 1. The Labute approximate surface area is 155 Å². The predicted molar refractivity (Wildman–Crippen MR) is 99.2 cm³/mol. The standard InChI is InChI=1S/C18H27N3O4S/c1-4-11-19-17(22)15-6-5-12-21(13-15)18(23)14-7-9-16(10-8-14)26(24,25)20(2)3/h7-10,15H,4-6,11-13H2,1-3H3,(H,19,22). The second-order valence-electron chi connectivity index (χ2n) is 6.69. The molecule has 1 heterocycles. The van der Waals surface area contributed by atoms with Gasteiger partial charge in [-0.25, -0.2) is 12.7 Å². The van der Waals surface area contributed by atoms with Crippen molar-refractivity contribution in [2.24, 2.45) is 5.92 Å². The van der Waals surface area contributed by atoms with Gasteiger partial charge in [-0.3, -0.25) is 9.59 Å². The van der Waals surface area contributed by atoms with E-state index in [0.29, 0.717) is 25.2 Å². The number of hydrogen-bond donors (Lipinski definition) is 1. The molecule has 1 unspecified atom stereocenters. The van der Waals surface area contributed by atoms with Crippen molar-refractivity contribution in [3.05, 3.63) is 29.8 Å². The Morgan fingerprint density at radius 2 is 1.88 bits per heavy atom. The lowest BCUT2D eigenvalue weighted by Crippen LogP contribution is -2.45. The minimum Gasteiger partial charge on any atom is -0.356 e. The van der Waals surface area contributed by atoms with E-state index in [1.807, 2.05) is 6.92 Å². The number of carbonyl (C=O) groups excluding carboxylic acids is 2. The van der Waals surface area contributed by atoms with Gasteiger partial charge in [0.25, 0.3) is 5.91 Å². The van der Waals surface area contributed by atoms with Gasteiger partial charge in [0.05, 0.1) is 10.8 Å². The third kappa shape index (κ3) is 4.62. The van der Waals surface area contributed by atoms with Crippen LogP contribution in [0.5, 0.6) is 0 Å². The molecule has 1 fully saturated rings. The lowest BCUT2D eigenvalue weighted by molar-refractivity contribution is -0.126. The normalized spacial score (nSPS) is 18.0. The van der Waals surface area contributed by atoms with E-state index >= 15 is 0 Å². The summed E-state index contributed by atoms with van der Waals surface area (Å²) in [5.41, 5.74) is 0.428. The largest absolute Gasteiger partial charge is 0.356 e. The van der Waals surface area contributed by atoms with Crippen molar-refractivity contribution < 1.29 is 18.0 Å². The van der Waals surface area contributed by atoms with Crippen LogP contribution >= 0.6 is 0 Å². The van der Waals surface area contributed by atoms with Crippen LogP contribution in [-0.2, 0) is 14.8 Å². The van der Waals surface area contributed by atoms with E-state index in [1.54, 1.807) is 4.90 Å². The molecule has 0 radical (unpaired) electrons. The van der Waals surface area contributed by atoms with Crippen molar-refractivity contribution in [2.75, 3.05) is 33.7 Å². The second kappa shape index (κ2) is 8.64. The maximum absolute atomic E-state index is 12.7. The maximum Gasteiger partial charge on any atom is 0.253 e. The molecule has 26 heavy (non-hydrogen) atoms. The third-order valence-corrected chi connectivity index (χ3v) is 6.34. The van der Waals surface area contributed by atoms with Gasteiger partial charge >= 0.3 is 0 Å². The smallest absolute Gasteiger partial charge is 0.253 e. The summed E-state index contributed by atoms with van der Waals surface area (Å²) in [6, 6.07) is 5.94. The first-order valence-electron chi connectivity index (χ1n) is 8.87. The van der Waals surface area contributed by atoms with Crippen molar-refractivity contribution in [1.82, 2.24) is 14.5 Å². The Morgan fingerprint density at radius 3 is 2.46 bits per heavy atom. The van der Waals surface area contributed by atoms with Crippen LogP contribution in [0.25, 0.3) is 0 Å². The van der Waals surface area contributed by atoms with Crippen LogP contribution in [-0.4, -0.2) is 63.2 Å². The number of amides is 2. The number of nitrogens with zero attached hydrogens (tertiary/aromatic N) is 2. The van der Waals surface area contributed by atoms with Crippen LogP contribution in [0.1, 0.15) is 36.5 Å². The van der Waals surface area contributed by atoms with Crippen molar-refractivity contribution in [2.45, 2.75) is 31.1 Å². The zero-order chi connectivity index (χ0) is 19.3. The average molecular weight is 381 g/mol. The van der Waals surface area contributed by atoms with Crippen LogP contribution in [0.2, 0.25) is 0 Å². The van der Waals surface area contributed by atoms with E-state index < -0.39 is 10.0 Å². The Balaban J connectivity index is 2.07. The van der Waals surface area contributed by atoms with E-state index in [2.05, 4.69) is 5.32 Å². The topological polar surface area (TPSA) is 86.8 Å². The van der Waals surface area contributed by atoms with E-state index in [0.717, 1.165) is 23.6 Å².